The minimum atomic E-state index is -0.948. The monoisotopic (exact) mass is 305 g/mol. The van der Waals surface area contributed by atoms with E-state index in [2.05, 4.69) is 10.4 Å². The van der Waals surface area contributed by atoms with Crippen molar-refractivity contribution >= 4 is 23.1 Å². The molecule has 0 saturated carbocycles. The summed E-state index contributed by atoms with van der Waals surface area (Å²) in [5.74, 6) is -1.38. The molecular weight excluding hydrogens is 294 g/mol. The van der Waals surface area contributed by atoms with E-state index in [4.69, 9.17) is 0 Å². The molecule has 10 nitrogen and oxygen atoms in total. The highest BCUT2D eigenvalue weighted by Gasteiger charge is 2.35. The van der Waals surface area contributed by atoms with Gasteiger partial charge in [0.05, 0.1) is 10.0 Å². The lowest BCUT2D eigenvalue weighted by molar-refractivity contribution is -0.424. The number of nitro groups is 2. The predicted molar refractivity (Wildman–Crippen MR) is 75.3 cm³/mol. The molecule has 1 aromatic heterocycles. The smallest absolute Gasteiger partial charge is 0.358 e. The van der Waals surface area contributed by atoms with Crippen LogP contribution in [0.15, 0.2) is 30.3 Å². The maximum absolute atomic E-state index is 11.9. The van der Waals surface area contributed by atoms with Crippen molar-refractivity contribution in [2.75, 3.05) is 5.32 Å². The minimum absolute atomic E-state index is 0.0556. The van der Waals surface area contributed by atoms with Gasteiger partial charge in [-0.25, -0.2) is 0 Å². The number of hydrogen-bond acceptors (Lipinski definition) is 6. The van der Waals surface area contributed by atoms with Gasteiger partial charge in [0.15, 0.2) is 0 Å². The summed E-state index contributed by atoms with van der Waals surface area (Å²) >= 11 is 0. The summed E-state index contributed by atoms with van der Waals surface area (Å²) in [6.07, 6.45) is 0. The Morgan fingerprint density at radius 3 is 2.36 bits per heavy atom. The molecule has 0 aliphatic rings. The topological polar surface area (TPSA) is 133 Å². The summed E-state index contributed by atoms with van der Waals surface area (Å²) in [6, 6.07) is 8.56. The third-order valence-corrected chi connectivity index (χ3v) is 2.86. The molecule has 1 heterocycles. The molecule has 0 radical (unpaired) electrons. The normalized spacial score (nSPS) is 10.2. The number of amides is 1. The third-order valence-electron chi connectivity index (χ3n) is 2.86. The number of carbonyl (C=O) groups is 1. The molecule has 10 heteroatoms. The zero-order valence-electron chi connectivity index (χ0n) is 11.4. The molecule has 22 heavy (non-hydrogen) atoms. The van der Waals surface area contributed by atoms with Crippen LogP contribution in [0.3, 0.4) is 0 Å². The van der Waals surface area contributed by atoms with Gasteiger partial charge in [0.1, 0.15) is 12.2 Å². The fourth-order valence-electron chi connectivity index (χ4n) is 1.87. The van der Waals surface area contributed by atoms with Crippen LogP contribution >= 0.6 is 0 Å². The Bertz CT molecular complexity index is 740. The van der Waals surface area contributed by atoms with Crippen molar-refractivity contribution in [2.45, 2.75) is 13.5 Å². The van der Waals surface area contributed by atoms with Crippen LogP contribution in [0.25, 0.3) is 0 Å². The van der Waals surface area contributed by atoms with Gasteiger partial charge in [0.2, 0.25) is 5.91 Å². The Balaban J connectivity index is 2.23. The first-order chi connectivity index (χ1) is 10.4. The van der Waals surface area contributed by atoms with Crippen LogP contribution in [0.1, 0.15) is 5.69 Å². The lowest BCUT2D eigenvalue weighted by Crippen LogP contribution is -2.20. The van der Waals surface area contributed by atoms with Gasteiger partial charge < -0.3 is 15.4 Å². The van der Waals surface area contributed by atoms with Crippen molar-refractivity contribution in [1.82, 2.24) is 9.78 Å². The van der Waals surface area contributed by atoms with Gasteiger partial charge in [-0.2, -0.15) is 4.68 Å². The molecule has 0 spiro atoms. The fourth-order valence-corrected chi connectivity index (χ4v) is 1.87. The molecule has 0 saturated heterocycles. The molecule has 2 aromatic rings. The first kappa shape index (κ1) is 15.1. The largest absolute Gasteiger partial charge is 0.468 e. The van der Waals surface area contributed by atoms with Gasteiger partial charge in [-0.15, -0.1) is 0 Å². The molecule has 114 valence electrons. The number of carbonyl (C=O) groups excluding carboxylic acids is 1. The highest BCUT2D eigenvalue weighted by atomic mass is 16.6. The lowest BCUT2D eigenvalue weighted by atomic mass is 10.3. The SMILES string of the molecule is Cc1c([N+](=O)[O-])c([N+](=O)[O-])nn1CC(=O)Nc1ccccc1. The average Bonchev–Trinajstić information content (AvgIpc) is 2.77. The second kappa shape index (κ2) is 5.99. The zero-order chi connectivity index (χ0) is 16.3. The number of para-hydroxylation sites is 1. The standard InChI is InChI=1S/C12H11N5O5/c1-8-11(16(19)20)12(17(21)22)14-15(8)7-10(18)13-9-5-3-2-4-6-9/h2-6H,7H2,1H3,(H,13,18). The van der Waals surface area contributed by atoms with Gasteiger partial charge in [-0.1, -0.05) is 18.2 Å². The van der Waals surface area contributed by atoms with Gasteiger partial charge in [0, 0.05) is 5.69 Å². The molecule has 0 aliphatic heterocycles. The highest BCUT2D eigenvalue weighted by molar-refractivity contribution is 5.90. The van der Waals surface area contributed by atoms with E-state index >= 15 is 0 Å². The van der Waals surface area contributed by atoms with E-state index in [9.17, 15) is 25.0 Å². The lowest BCUT2D eigenvalue weighted by Gasteiger charge is -2.03. The Kier molecular flexibility index (Phi) is 4.11. The Hall–Kier alpha value is -3.30. The second-order valence-corrected chi connectivity index (χ2v) is 4.34. The van der Waals surface area contributed by atoms with E-state index in [0.717, 1.165) is 4.68 Å². The molecule has 0 atom stereocenters. The molecule has 0 aliphatic carbocycles. The molecule has 2 rings (SSSR count). The number of nitrogens with zero attached hydrogens (tertiary/aromatic N) is 4. The minimum Gasteiger partial charge on any atom is -0.358 e. The van der Waals surface area contributed by atoms with Gasteiger partial charge in [0.25, 0.3) is 0 Å². The summed E-state index contributed by atoms with van der Waals surface area (Å²) in [5.41, 5.74) is -0.223. The Morgan fingerprint density at radius 2 is 1.86 bits per heavy atom. The Morgan fingerprint density at radius 1 is 1.23 bits per heavy atom. The van der Waals surface area contributed by atoms with Crippen molar-refractivity contribution in [3.8, 4) is 0 Å². The maximum Gasteiger partial charge on any atom is 0.468 e. The van der Waals surface area contributed by atoms with E-state index in [1.54, 1.807) is 30.3 Å². The number of anilines is 1. The molecular formula is C12H11N5O5. The summed E-state index contributed by atoms with van der Waals surface area (Å²) < 4.78 is 0.939. The predicted octanol–water partition coefficient (Wildman–Crippen LogP) is 1.65. The van der Waals surface area contributed by atoms with Crippen LogP contribution < -0.4 is 5.32 Å². The number of aromatic nitrogens is 2. The average molecular weight is 305 g/mol. The van der Waals surface area contributed by atoms with Gasteiger partial charge in [-0.3, -0.25) is 14.9 Å². The summed E-state index contributed by atoms with van der Waals surface area (Å²) in [5, 5.41) is 27.8. The van der Waals surface area contributed by atoms with Crippen LogP contribution in [0.2, 0.25) is 0 Å². The van der Waals surface area contributed by atoms with E-state index < -0.39 is 27.3 Å². The van der Waals surface area contributed by atoms with Crippen molar-refractivity contribution in [3.63, 3.8) is 0 Å². The van der Waals surface area contributed by atoms with Crippen molar-refractivity contribution in [1.29, 1.82) is 0 Å². The highest BCUT2D eigenvalue weighted by Crippen LogP contribution is 2.29. The van der Waals surface area contributed by atoms with Crippen LogP contribution in [0.4, 0.5) is 17.2 Å². The van der Waals surface area contributed by atoms with Crippen LogP contribution in [0, 0.1) is 27.2 Å². The van der Waals surface area contributed by atoms with Crippen LogP contribution in [-0.4, -0.2) is 25.5 Å². The maximum atomic E-state index is 11.9. The van der Waals surface area contributed by atoms with Gasteiger partial charge >= 0.3 is 11.5 Å². The first-order valence-electron chi connectivity index (χ1n) is 6.11. The van der Waals surface area contributed by atoms with E-state index in [1.807, 2.05) is 0 Å². The molecule has 0 bridgehead atoms. The van der Waals surface area contributed by atoms with Crippen molar-refractivity contribution in [2.24, 2.45) is 0 Å². The number of benzene rings is 1. The number of rotatable bonds is 5. The van der Waals surface area contributed by atoms with Crippen molar-refractivity contribution < 1.29 is 14.6 Å². The third kappa shape index (κ3) is 3.06. The number of hydrogen-bond donors (Lipinski definition) is 1. The summed E-state index contributed by atoms with van der Waals surface area (Å²) in [7, 11) is 0. The van der Waals surface area contributed by atoms with E-state index in [0.29, 0.717) is 5.69 Å². The van der Waals surface area contributed by atoms with Crippen LogP contribution in [-0.2, 0) is 11.3 Å². The first-order valence-corrected chi connectivity index (χ1v) is 6.11. The molecule has 1 aromatic carbocycles. The number of nitrogens with one attached hydrogen (secondary N) is 1. The van der Waals surface area contributed by atoms with E-state index in [-0.39, 0.29) is 12.2 Å². The molecule has 0 fully saturated rings. The van der Waals surface area contributed by atoms with E-state index in [1.165, 1.54) is 6.92 Å². The fraction of sp³-hybridized carbons (Fsp3) is 0.167. The molecule has 1 amide bonds. The van der Waals surface area contributed by atoms with Crippen molar-refractivity contribution in [3.05, 3.63) is 56.3 Å². The Labute approximate surface area is 123 Å². The quantitative estimate of drug-likeness (QED) is 0.659. The van der Waals surface area contributed by atoms with Gasteiger partial charge in [-0.05, 0) is 24.0 Å². The van der Waals surface area contributed by atoms with Crippen LogP contribution in [0.5, 0.6) is 0 Å². The molecule has 1 N–H and O–H groups in total. The second-order valence-electron chi connectivity index (χ2n) is 4.34. The molecule has 0 unspecified atom stereocenters. The zero-order valence-corrected chi connectivity index (χ0v) is 11.4. The summed E-state index contributed by atoms with van der Waals surface area (Å²) in [6.45, 7) is 0.934. The summed E-state index contributed by atoms with van der Waals surface area (Å²) in [4.78, 5) is 31.7.